The lowest BCUT2D eigenvalue weighted by Gasteiger charge is -2.20. The summed E-state index contributed by atoms with van der Waals surface area (Å²) >= 11 is 0. The lowest BCUT2D eigenvalue weighted by molar-refractivity contribution is -0.169. The van der Waals surface area contributed by atoms with Gasteiger partial charge in [-0.3, -0.25) is 9.59 Å². The van der Waals surface area contributed by atoms with E-state index in [1.165, 1.54) is 44.9 Å². The minimum absolute atomic E-state index is 0.386. The second-order valence-electron chi connectivity index (χ2n) is 7.43. The Morgan fingerprint density at radius 1 is 0.600 bits per heavy atom. The molecule has 0 unspecified atom stereocenters. The van der Waals surface area contributed by atoms with Crippen LogP contribution >= 0.6 is 0 Å². The van der Waals surface area contributed by atoms with Crippen LogP contribution in [0, 0.1) is 5.41 Å². The summed E-state index contributed by atoms with van der Waals surface area (Å²) in [5.74, 6) is -0.956. The highest BCUT2D eigenvalue weighted by Gasteiger charge is 2.39. The standard InChI is InChI=1S/C21H40O4/c1-5-7-9-11-12-14-16-18-25-20(23)21(3,4)19(22)24-17-15-13-10-8-6-2/h5-18H2,1-4H3. The molecule has 0 bridgehead atoms. The second kappa shape index (κ2) is 15.2. The van der Waals surface area contributed by atoms with Gasteiger partial charge < -0.3 is 9.47 Å². The largest absolute Gasteiger partial charge is 0.465 e. The Labute approximate surface area is 155 Å². The van der Waals surface area contributed by atoms with E-state index in [0.29, 0.717) is 13.2 Å². The topological polar surface area (TPSA) is 52.6 Å². The Balaban J connectivity index is 3.81. The Hall–Kier alpha value is -1.06. The van der Waals surface area contributed by atoms with Gasteiger partial charge in [0.15, 0.2) is 5.41 Å². The van der Waals surface area contributed by atoms with Crippen molar-refractivity contribution >= 4 is 11.9 Å². The summed E-state index contributed by atoms with van der Waals surface area (Å²) in [7, 11) is 0. The van der Waals surface area contributed by atoms with Crippen molar-refractivity contribution in [3.63, 3.8) is 0 Å². The Kier molecular flexibility index (Phi) is 14.6. The molecule has 0 saturated heterocycles. The molecule has 0 heterocycles. The zero-order valence-electron chi connectivity index (χ0n) is 17.0. The number of carbonyl (C=O) groups is 2. The summed E-state index contributed by atoms with van der Waals surface area (Å²) in [5.41, 5.74) is -1.22. The molecule has 0 aromatic heterocycles. The molecule has 0 aromatic rings. The number of rotatable bonds is 16. The van der Waals surface area contributed by atoms with Crippen molar-refractivity contribution in [3.05, 3.63) is 0 Å². The van der Waals surface area contributed by atoms with Gasteiger partial charge in [-0.25, -0.2) is 0 Å². The summed E-state index contributed by atoms with van der Waals surface area (Å²) in [6, 6.07) is 0. The summed E-state index contributed by atoms with van der Waals surface area (Å²) in [4.78, 5) is 24.2. The molecular formula is C21H40O4. The molecule has 0 N–H and O–H groups in total. The maximum atomic E-state index is 12.1. The average molecular weight is 357 g/mol. The van der Waals surface area contributed by atoms with Gasteiger partial charge in [-0.05, 0) is 26.7 Å². The molecule has 0 spiro atoms. The van der Waals surface area contributed by atoms with Crippen molar-refractivity contribution in [2.24, 2.45) is 5.41 Å². The predicted molar refractivity (Wildman–Crippen MR) is 102 cm³/mol. The summed E-state index contributed by atoms with van der Waals surface area (Å²) < 4.78 is 10.5. The molecule has 0 aliphatic rings. The SMILES string of the molecule is CCCCCCCCCOC(=O)C(C)(C)C(=O)OCCCCCCC. The predicted octanol–water partition coefficient (Wildman–Crippen LogP) is 5.82. The van der Waals surface area contributed by atoms with Gasteiger partial charge in [-0.2, -0.15) is 0 Å². The minimum atomic E-state index is -1.22. The number of esters is 2. The van der Waals surface area contributed by atoms with Gasteiger partial charge in [0.2, 0.25) is 0 Å². The third-order valence-corrected chi connectivity index (χ3v) is 4.48. The minimum Gasteiger partial charge on any atom is -0.465 e. The monoisotopic (exact) mass is 356 g/mol. The van der Waals surface area contributed by atoms with Crippen molar-refractivity contribution < 1.29 is 19.1 Å². The first-order chi connectivity index (χ1) is 12.0. The summed E-state index contributed by atoms with van der Waals surface area (Å²) in [6.07, 6.45) is 13.7. The van der Waals surface area contributed by atoms with Crippen molar-refractivity contribution in [3.8, 4) is 0 Å². The fraction of sp³-hybridized carbons (Fsp3) is 0.905. The van der Waals surface area contributed by atoms with E-state index in [0.717, 1.165) is 32.1 Å². The third-order valence-electron chi connectivity index (χ3n) is 4.48. The molecule has 0 amide bonds. The molecule has 0 radical (unpaired) electrons. The van der Waals surface area contributed by atoms with Gasteiger partial charge in [-0.1, -0.05) is 78.1 Å². The van der Waals surface area contributed by atoms with E-state index in [4.69, 9.17) is 9.47 Å². The van der Waals surface area contributed by atoms with E-state index in [-0.39, 0.29) is 0 Å². The highest BCUT2D eigenvalue weighted by Crippen LogP contribution is 2.20. The Morgan fingerprint density at radius 3 is 1.28 bits per heavy atom. The highest BCUT2D eigenvalue weighted by molar-refractivity contribution is 5.99. The van der Waals surface area contributed by atoms with Gasteiger partial charge in [0.1, 0.15) is 0 Å². The van der Waals surface area contributed by atoms with Gasteiger partial charge in [0.25, 0.3) is 0 Å². The Morgan fingerprint density at radius 2 is 0.920 bits per heavy atom. The van der Waals surface area contributed by atoms with E-state index in [2.05, 4.69) is 13.8 Å². The fourth-order valence-electron chi connectivity index (χ4n) is 2.54. The number of ether oxygens (including phenoxy) is 2. The van der Waals surface area contributed by atoms with Crippen LogP contribution in [0.25, 0.3) is 0 Å². The first-order valence-electron chi connectivity index (χ1n) is 10.3. The van der Waals surface area contributed by atoms with Crippen molar-refractivity contribution in [1.29, 1.82) is 0 Å². The molecule has 0 atom stereocenters. The zero-order chi connectivity index (χ0) is 19.0. The molecule has 0 saturated carbocycles. The van der Waals surface area contributed by atoms with Crippen LogP contribution in [-0.2, 0) is 19.1 Å². The van der Waals surface area contributed by atoms with Crippen molar-refractivity contribution in [2.45, 2.75) is 105 Å². The van der Waals surface area contributed by atoms with Gasteiger partial charge in [0.05, 0.1) is 13.2 Å². The molecule has 0 aliphatic carbocycles. The first kappa shape index (κ1) is 23.9. The lowest BCUT2D eigenvalue weighted by atomic mass is 9.94. The molecule has 148 valence electrons. The maximum absolute atomic E-state index is 12.1. The summed E-state index contributed by atoms with van der Waals surface area (Å²) in [6.45, 7) is 8.32. The van der Waals surface area contributed by atoms with Crippen LogP contribution in [0.15, 0.2) is 0 Å². The molecule has 25 heavy (non-hydrogen) atoms. The molecule has 4 heteroatoms. The van der Waals surface area contributed by atoms with E-state index >= 15 is 0 Å². The van der Waals surface area contributed by atoms with E-state index in [1.54, 1.807) is 13.8 Å². The maximum Gasteiger partial charge on any atom is 0.322 e. The first-order valence-corrected chi connectivity index (χ1v) is 10.3. The fourth-order valence-corrected chi connectivity index (χ4v) is 2.54. The molecule has 0 aromatic carbocycles. The highest BCUT2D eigenvalue weighted by atomic mass is 16.6. The molecule has 0 fully saturated rings. The van der Waals surface area contributed by atoms with Crippen molar-refractivity contribution in [2.75, 3.05) is 13.2 Å². The number of unbranched alkanes of at least 4 members (excludes halogenated alkanes) is 10. The smallest absolute Gasteiger partial charge is 0.322 e. The normalized spacial score (nSPS) is 11.4. The van der Waals surface area contributed by atoms with Crippen LogP contribution in [0.4, 0.5) is 0 Å². The van der Waals surface area contributed by atoms with Crippen LogP contribution in [0.3, 0.4) is 0 Å². The van der Waals surface area contributed by atoms with Gasteiger partial charge in [0, 0.05) is 0 Å². The van der Waals surface area contributed by atoms with Crippen LogP contribution in [0.5, 0.6) is 0 Å². The number of carbonyl (C=O) groups excluding carboxylic acids is 2. The van der Waals surface area contributed by atoms with E-state index in [9.17, 15) is 9.59 Å². The van der Waals surface area contributed by atoms with Gasteiger partial charge in [-0.15, -0.1) is 0 Å². The quantitative estimate of drug-likeness (QED) is 0.199. The lowest BCUT2D eigenvalue weighted by Crippen LogP contribution is -2.37. The van der Waals surface area contributed by atoms with Gasteiger partial charge >= 0.3 is 11.9 Å². The van der Waals surface area contributed by atoms with E-state index in [1.807, 2.05) is 0 Å². The molecular weight excluding hydrogens is 316 g/mol. The van der Waals surface area contributed by atoms with Crippen LogP contribution in [0.1, 0.15) is 105 Å². The molecule has 4 nitrogen and oxygen atoms in total. The summed E-state index contributed by atoms with van der Waals surface area (Å²) in [5, 5.41) is 0. The molecule has 0 aliphatic heterocycles. The van der Waals surface area contributed by atoms with E-state index < -0.39 is 17.4 Å². The van der Waals surface area contributed by atoms with Crippen LogP contribution < -0.4 is 0 Å². The second-order valence-corrected chi connectivity index (χ2v) is 7.43. The number of hydrogen-bond donors (Lipinski definition) is 0. The number of hydrogen-bond acceptors (Lipinski definition) is 4. The average Bonchev–Trinajstić information content (AvgIpc) is 2.59. The van der Waals surface area contributed by atoms with Crippen LogP contribution in [-0.4, -0.2) is 25.2 Å². The zero-order valence-corrected chi connectivity index (χ0v) is 17.0. The van der Waals surface area contributed by atoms with Crippen LogP contribution in [0.2, 0.25) is 0 Å². The third kappa shape index (κ3) is 12.0. The Bertz CT molecular complexity index is 350. The molecule has 0 rings (SSSR count). The van der Waals surface area contributed by atoms with Crippen molar-refractivity contribution in [1.82, 2.24) is 0 Å².